The molecule has 0 aliphatic heterocycles. The summed E-state index contributed by atoms with van der Waals surface area (Å²) in [6.45, 7) is 0. The fourth-order valence-corrected chi connectivity index (χ4v) is 1.66. The number of halogens is 2. The predicted octanol–water partition coefficient (Wildman–Crippen LogP) is 3.30. The maximum absolute atomic E-state index is 12.7. The second kappa shape index (κ2) is 5.63. The lowest BCUT2D eigenvalue weighted by molar-refractivity contribution is -0.112. The van der Waals surface area contributed by atoms with Gasteiger partial charge in [-0.05, 0) is 36.4 Å². The molecule has 0 unspecified atom stereocenters. The van der Waals surface area contributed by atoms with Gasteiger partial charge in [-0.25, -0.2) is 4.39 Å². The summed E-state index contributed by atoms with van der Waals surface area (Å²) in [6, 6.07) is 11.3. The van der Waals surface area contributed by atoms with Crippen LogP contribution in [0.3, 0.4) is 0 Å². The van der Waals surface area contributed by atoms with E-state index < -0.39 is 17.5 Å². The Morgan fingerprint density at radius 2 is 1.63 bits per heavy atom. The van der Waals surface area contributed by atoms with Crippen LogP contribution in [0, 0.1) is 5.82 Å². The Bertz CT molecular complexity index is 626. The standard InChI is InChI=1S/C14H9ClFNO2/c15-11-3-1-2-4-12(11)17-14(19)13(18)9-5-7-10(16)8-6-9/h1-8H,(H,17,19). The Kier molecular flexibility index (Phi) is 3.92. The normalized spacial score (nSPS) is 10.0. The molecule has 0 saturated heterocycles. The third kappa shape index (κ3) is 3.17. The molecule has 0 fully saturated rings. The van der Waals surface area contributed by atoms with E-state index in [1.165, 1.54) is 12.1 Å². The highest BCUT2D eigenvalue weighted by molar-refractivity contribution is 6.47. The largest absolute Gasteiger partial charge is 0.318 e. The van der Waals surface area contributed by atoms with Crippen LogP contribution in [-0.2, 0) is 4.79 Å². The van der Waals surface area contributed by atoms with Gasteiger partial charge in [0, 0.05) is 5.56 Å². The van der Waals surface area contributed by atoms with Crippen molar-refractivity contribution in [3.8, 4) is 0 Å². The van der Waals surface area contributed by atoms with E-state index in [0.29, 0.717) is 10.7 Å². The van der Waals surface area contributed by atoms with Gasteiger partial charge >= 0.3 is 0 Å². The number of para-hydroxylation sites is 1. The van der Waals surface area contributed by atoms with E-state index in [-0.39, 0.29) is 5.56 Å². The number of anilines is 1. The molecule has 0 spiro atoms. The average molecular weight is 278 g/mol. The first kappa shape index (κ1) is 13.2. The van der Waals surface area contributed by atoms with E-state index in [4.69, 9.17) is 11.6 Å². The van der Waals surface area contributed by atoms with Crippen molar-refractivity contribution in [3.63, 3.8) is 0 Å². The molecular weight excluding hydrogens is 269 g/mol. The van der Waals surface area contributed by atoms with Crippen molar-refractivity contribution in [1.82, 2.24) is 0 Å². The Hall–Kier alpha value is -2.20. The van der Waals surface area contributed by atoms with Crippen LogP contribution in [0.1, 0.15) is 10.4 Å². The topological polar surface area (TPSA) is 46.2 Å². The number of carbonyl (C=O) groups excluding carboxylic acids is 2. The highest BCUT2D eigenvalue weighted by atomic mass is 35.5. The molecule has 0 aromatic heterocycles. The highest BCUT2D eigenvalue weighted by Gasteiger charge is 2.17. The van der Waals surface area contributed by atoms with Crippen LogP contribution in [0.5, 0.6) is 0 Å². The number of nitrogens with one attached hydrogen (secondary N) is 1. The third-order valence-electron chi connectivity index (χ3n) is 2.43. The Morgan fingerprint density at radius 1 is 1.00 bits per heavy atom. The summed E-state index contributed by atoms with van der Waals surface area (Å²) in [4.78, 5) is 23.5. The second-order valence-corrected chi connectivity index (χ2v) is 4.18. The van der Waals surface area contributed by atoms with E-state index in [9.17, 15) is 14.0 Å². The summed E-state index contributed by atoms with van der Waals surface area (Å²) in [5, 5.41) is 2.74. The Labute approximate surface area is 114 Å². The zero-order valence-electron chi connectivity index (χ0n) is 9.69. The van der Waals surface area contributed by atoms with E-state index in [1.54, 1.807) is 24.3 Å². The summed E-state index contributed by atoms with van der Waals surface area (Å²) in [5.41, 5.74) is 0.468. The second-order valence-electron chi connectivity index (χ2n) is 3.77. The molecular formula is C14H9ClFNO2. The first-order valence-corrected chi connectivity index (χ1v) is 5.81. The van der Waals surface area contributed by atoms with Crippen molar-refractivity contribution in [2.24, 2.45) is 0 Å². The van der Waals surface area contributed by atoms with Crippen LogP contribution in [0.25, 0.3) is 0 Å². The van der Waals surface area contributed by atoms with Crippen molar-refractivity contribution < 1.29 is 14.0 Å². The third-order valence-corrected chi connectivity index (χ3v) is 2.76. The van der Waals surface area contributed by atoms with Crippen LogP contribution < -0.4 is 5.32 Å². The molecule has 2 rings (SSSR count). The molecule has 1 N–H and O–H groups in total. The van der Waals surface area contributed by atoms with Gasteiger partial charge in [0.15, 0.2) is 0 Å². The minimum absolute atomic E-state index is 0.117. The number of ketones is 1. The zero-order valence-corrected chi connectivity index (χ0v) is 10.4. The molecule has 0 saturated carbocycles. The lowest BCUT2D eigenvalue weighted by Crippen LogP contribution is -2.23. The first-order chi connectivity index (χ1) is 9.08. The molecule has 0 radical (unpaired) electrons. The Balaban J connectivity index is 2.14. The number of hydrogen-bond donors (Lipinski definition) is 1. The summed E-state index contributed by atoms with van der Waals surface area (Å²) in [7, 11) is 0. The maximum Gasteiger partial charge on any atom is 0.296 e. The van der Waals surface area contributed by atoms with Gasteiger partial charge in [0.25, 0.3) is 11.7 Å². The fraction of sp³-hybridized carbons (Fsp3) is 0. The van der Waals surface area contributed by atoms with Crippen molar-refractivity contribution >= 4 is 29.0 Å². The van der Waals surface area contributed by atoms with Gasteiger partial charge in [0.05, 0.1) is 10.7 Å². The number of amides is 1. The van der Waals surface area contributed by atoms with Crippen LogP contribution in [-0.4, -0.2) is 11.7 Å². The van der Waals surface area contributed by atoms with E-state index in [0.717, 1.165) is 12.1 Å². The molecule has 19 heavy (non-hydrogen) atoms. The molecule has 2 aromatic rings. The van der Waals surface area contributed by atoms with Crippen LogP contribution in [0.15, 0.2) is 48.5 Å². The molecule has 0 bridgehead atoms. The number of Topliss-reactive ketones (excluding diaryl/α,β-unsaturated/α-hetero) is 1. The number of benzene rings is 2. The highest BCUT2D eigenvalue weighted by Crippen LogP contribution is 2.20. The number of rotatable bonds is 3. The molecule has 0 atom stereocenters. The van der Waals surface area contributed by atoms with Crippen molar-refractivity contribution in [2.75, 3.05) is 5.32 Å². The van der Waals surface area contributed by atoms with Crippen LogP contribution >= 0.6 is 11.6 Å². The van der Waals surface area contributed by atoms with Gasteiger partial charge in [-0.2, -0.15) is 0 Å². The number of hydrogen-bond acceptors (Lipinski definition) is 2. The molecule has 0 heterocycles. The molecule has 3 nitrogen and oxygen atoms in total. The predicted molar refractivity (Wildman–Crippen MR) is 70.8 cm³/mol. The minimum atomic E-state index is -0.820. The van der Waals surface area contributed by atoms with E-state index in [1.807, 2.05) is 0 Å². The first-order valence-electron chi connectivity index (χ1n) is 5.43. The SMILES string of the molecule is O=C(Nc1ccccc1Cl)C(=O)c1ccc(F)cc1. The maximum atomic E-state index is 12.7. The van der Waals surface area contributed by atoms with Gasteiger partial charge in [-0.3, -0.25) is 9.59 Å². The quantitative estimate of drug-likeness (QED) is 0.691. The zero-order chi connectivity index (χ0) is 13.8. The molecule has 2 aromatic carbocycles. The summed E-state index contributed by atoms with van der Waals surface area (Å²) in [6.07, 6.45) is 0. The van der Waals surface area contributed by atoms with E-state index in [2.05, 4.69) is 5.32 Å². The molecule has 1 amide bonds. The summed E-state index contributed by atoms with van der Waals surface area (Å²) >= 11 is 5.86. The summed E-state index contributed by atoms with van der Waals surface area (Å²) < 4.78 is 12.7. The lowest BCUT2D eigenvalue weighted by atomic mass is 10.1. The smallest absolute Gasteiger partial charge is 0.296 e. The summed E-state index contributed by atoms with van der Waals surface area (Å²) in [5.74, 6) is -2.04. The van der Waals surface area contributed by atoms with Crippen LogP contribution in [0.2, 0.25) is 5.02 Å². The minimum Gasteiger partial charge on any atom is -0.318 e. The molecule has 5 heteroatoms. The van der Waals surface area contributed by atoms with Crippen molar-refractivity contribution in [1.29, 1.82) is 0 Å². The molecule has 0 aliphatic carbocycles. The Morgan fingerprint density at radius 3 is 2.26 bits per heavy atom. The van der Waals surface area contributed by atoms with Gasteiger partial charge in [0.2, 0.25) is 0 Å². The van der Waals surface area contributed by atoms with Crippen molar-refractivity contribution in [3.05, 3.63) is 64.9 Å². The number of carbonyl (C=O) groups is 2. The van der Waals surface area contributed by atoms with Gasteiger partial charge < -0.3 is 5.32 Å². The monoisotopic (exact) mass is 277 g/mol. The van der Waals surface area contributed by atoms with Crippen molar-refractivity contribution in [2.45, 2.75) is 0 Å². The van der Waals surface area contributed by atoms with Crippen LogP contribution in [0.4, 0.5) is 10.1 Å². The lowest BCUT2D eigenvalue weighted by Gasteiger charge is -2.06. The molecule has 96 valence electrons. The van der Waals surface area contributed by atoms with E-state index >= 15 is 0 Å². The average Bonchev–Trinajstić information content (AvgIpc) is 2.41. The van der Waals surface area contributed by atoms with Gasteiger partial charge in [0.1, 0.15) is 5.82 Å². The molecule has 0 aliphatic rings. The van der Waals surface area contributed by atoms with Gasteiger partial charge in [-0.1, -0.05) is 23.7 Å². The van der Waals surface area contributed by atoms with Gasteiger partial charge in [-0.15, -0.1) is 0 Å². The fourth-order valence-electron chi connectivity index (χ4n) is 1.47.